The summed E-state index contributed by atoms with van der Waals surface area (Å²) in [6.45, 7) is 3.43. The van der Waals surface area contributed by atoms with Gasteiger partial charge in [0.05, 0.1) is 31.0 Å². The molecule has 168 valence electrons. The van der Waals surface area contributed by atoms with E-state index in [1.807, 2.05) is 0 Å². The number of rotatable bonds is 10. The zero-order valence-corrected chi connectivity index (χ0v) is 18.5. The third-order valence-corrected chi connectivity index (χ3v) is 5.78. The first-order valence-corrected chi connectivity index (χ1v) is 11.0. The fraction of sp³-hybridized carbons (Fsp3) is 0.350. The van der Waals surface area contributed by atoms with Crippen LogP contribution in [0.1, 0.15) is 35.3 Å². The highest BCUT2D eigenvalue weighted by Gasteiger charge is 2.25. The van der Waals surface area contributed by atoms with Gasteiger partial charge in [-0.1, -0.05) is 24.3 Å². The molecule has 0 aliphatic rings. The van der Waals surface area contributed by atoms with Crippen molar-refractivity contribution in [1.29, 1.82) is 0 Å². The monoisotopic (exact) mass is 451 g/mol. The van der Waals surface area contributed by atoms with E-state index in [2.05, 4.69) is 10.0 Å². The Morgan fingerprint density at radius 2 is 1.68 bits per heavy atom. The number of nitro groups is 1. The van der Waals surface area contributed by atoms with Crippen LogP contribution in [0, 0.1) is 10.1 Å². The normalized spacial score (nSPS) is 11.3. The predicted molar refractivity (Wildman–Crippen MR) is 115 cm³/mol. The van der Waals surface area contributed by atoms with Gasteiger partial charge < -0.3 is 14.8 Å². The maximum atomic E-state index is 12.7. The van der Waals surface area contributed by atoms with Gasteiger partial charge in [-0.2, -0.15) is 0 Å². The van der Waals surface area contributed by atoms with Gasteiger partial charge in [-0.25, -0.2) is 13.1 Å². The van der Waals surface area contributed by atoms with Crippen molar-refractivity contribution in [3.05, 3.63) is 63.2 Å². The average Bonchev–Trinajstić information content (AvgIpc) is 2.70. The molecule has 0 heterocycles. The molecule has 2 rings (SSSR count). The Bertz CT molecular complexity index is 1070. The minimum Gasteiger partial charge on any atom is -0.493 e. The minimum absolute atomic E-state index is 0.0162. The van der Waals surface area contributed by atoms with Crippen LogP contribution in [0.4, 0.5) is 5.69 Å². The van der Waals surface area contributed by atoms with E-state index < -0.39 is 26.5 Å². The number of ether oxygens (including phenoxy) is 2. The van der Waals surface area contributed by atoms with Crippen molar-refractivity contribution in [2.75, 3.05) is 14.2 Å². The van der Waals surface area contributed by atoms with Gasteiger partial charge in [0.2, 0.25) is 10.0 Å². The number of nitrogens with one attached hydrogen (secondary N) is 2. The molecule has 0 aliphatic heterocycles. The van der Waals surface area contributed by atoms with E-state index in [4.69, 9.17) is 9.47 Å². The quantitative estimate of drug-likeness (QED) is 0.418. The number of hydrogen-bond donors (Lipinski definition) is 2. The van der Waals surface area contributed by atoms with Crippen molar-refractivity contribution in [2.45, 2.75) is 32.2 Å². The minimum atomic E-state index is -3.56. The molecule has 0 atom stereocenters. The Kier molecular flexibility index (Phi) is 7.95. The average molecular weight is 452 g/mol. The summed E-state index contributed by atoms with van der Waals surface area (Å²) in [5.41, 5.74) is 0.451. The van der Waals surface area contributed by atoms with E-state index >= 15 is 0 Å². The maximum Gasteiger partial charge on any atom is 0.286 e. The number of nitrogens with zero attached hydrogens (tertiary/aromatic N) is 1. The van der Waals surface area contributed by atoms with Gasteiger partial charge in [-0.05, 0) is 25.0 Å². The summed E-state index contributed by atoms with van der Waals surface area (Å²) < 4.78 is 37.2. The molecule has 2 aromatic carbocycles. The zero-order chi connectivity index (χ0) is 23.2. The molecule has 0 aromatic heterocycles. The highest BCUT2D eigenvalue weighted by molar-refractivity contribution is 7.88. The van der Waals surface area contributed by atoms with Gasteiger partial charge in [0.15, 0.2) is 11.5 Å². The Morgan fingerprint density at radius 3 is 2.23 bits per heavy atom. The van der Waals surface area contributed by atoms with Gasteiger partial charge in [0.1, 0.15) is 5.56 Å². The maximum absolute atomic E-state index is 12.7. The molecule has 0 saturated carbocycles. The van der Waals surface area contributed by atoms with Crippen LogP contribution in [-0.4, -0.2) is 39.5 Å². The molecule has 11 heteroatoms. The molecule has 10 nitrogen and oxygen atoms in total. The molecule has 0 spiro atoms. The standard InChI is InChI=1S/C20H25N3O7S/c1-13(2)22-31(27,28)12-15-8-6-5-7-14(15)11-21-20(24)16-9-18(29-3)19(30-4)10-17(16)23(25)26/h5-10,13,22H,11-12H2,1-4H3,(H,21,24). The van der Waals surface area contributed by atoms with Crippen molar-refractivity contribution in [3.63, 3.8) is 0 Å². The summed E-state index contributed by atoms with van der Waals surface area (Å²) in [5, 5.41) is 14.0. The van der Waals surface area contributed by atoms with Crippen LogP contribution >= 0.6 is 0 Å². The Morgan fingerprint density at radius 1 is 1.10 bits per heavy atom. The van der Waals surface area contributed by atoms with Gasteiger partial charge in [-0.3, -0.25) is 14.9 Å². The number of sulfonamides is 1. The second kappa shape index (κ2) is 10.2. The molecule has 0 saturated heterocycles. The van der Waals surface area contributed by atoms with Crippen LogP contribution in [0.3, 0.4) is 0 Å². The number of hydrogen-bond acceptors (Lipinski definition) is 7. The van der Waals surface area contributed by atoms with E-state index in [-0.39, 0.29) is 35.4 Å². The lowest BCUT2D eigenvalue weighted by Gasteiger charge is -2.14. The third-order valence-electron chi connectivity index (χ3n) is 4.26. The Balaban J connectivity index is 2.27. The second-order valence-corrected chi connectivity index (χ2v) is 8.72. The fourth-order valence-electron chi connectivity index (χ4n) is 2.95. The Hall–Kier alpha value is -3.18. The summed E-state index contributed by atoms with van der Waals surface area (Å²) in [7, 11) is -0.876. The summed E-state index contributed by atoms with van der Waals surface area (Å²) in [4.78, 5) is 23.4. The van der Waals surface area contributed by atoms with Gasteiger partial charge >= 0.3 is 0 Å². The first kappa shape index (κ1) is 24.1. The highest BCUT2D eigenvalue weighted by atomic mass is 32.2. The van der Waals surface area contributed by atoms with Gasteiger partial charge in [-0.15, -0.1) is 0 Å². The molecular weight excluding hydrogens is 426 g/mol. The smallest absolute Gasteiger partial charge is 0.286 e. The lowest BCUT2D eigenvalue weighted by molar-refractivity contribution is -0.385. The lowest BCUT2D eigenvalue weighted by Crippen LogP contribution is -2.32. The molecule has 0 bridgehead atoms. The van der Waals surface area contributed by atoms with Crippen LogP contribution in [0.25, 0.3) is 0 Å². The van der Waals surface area contributed by atoms with Gasteiger partial charge in [0, 0.05) is 18.7 Å². The van der Waals surface area contributed by atoms with Crippen molar-refractivity contribution >= 4 is 21.6 Å². The molecule has 2 aromatic rings. The molecule has 0 radical (unpaired) electrons. The van der Waals surface area contributed by atoms with E-state index in [0.29, 0.717) is 11.1 Å². The Labute approximate surface area is 180 Å². The first-order chi connectivity index (χ1) is 14.6. The summed E-state index contributed by atoms with van der Waals surface area (Å²) in [6, 6.07) is 8.85. The topological polar surface area (TPSA) is 137 Å². The molecule has 0 aliphatic carbocycles. The van der Waals surface area contributed by atoms with Crippen LogP contribution in [0.15, 0.2) is 36.4 Å². The summed E-state index contributed by atoms with van der Waals surface area (Å²) in [5.74, 6) is -0.664. The fourth-order valence-corrected chi connectivity index (χ4v) is 4.44. The summed E-state index contributed by atoms with van der Waals surface area (Å²) >= 11 is 0. The lowest BCUT2D eigenvalue weighted by atomic mass is 10.1. The number of nitro benzene ring substituents is 1. The van der Waals surface area contributed by atoms with Crippen molar-refractivity contribution in [3.8, 4) is 11.5 Å². The molecule has 2 N–H and O–H groups in total. The molecular formula is C20H25N3O7S. The van der Waals surface area contributed by atoms with E-state index in [9.17, 15) is 23.3 Å². The summed E-state index contributed by atoms with van der Waals surface area (Å²) in [6.07, 6.45) is 0. The van der Waals surface area contributed by atoms with Crippen LogP contribution in [0.2, 0.25) is 0 Å². The van der Waals surface area contributed by atoms with Crippen LogP contribution in [-0.2, 0) is 22.3 Å². The van der Waals surface area contributed by atoms with E-state index in [1.165, 1.54) is 20.3 Å². The van der Waals surface area contributed by atoms with Crippen LogP contribution < -0.4 is 19.5 Å². The van der Waals surface area contributed by atoms with Crippen LogP contribution in [0.5, 0.6) is 11.5 Å². The van der Waals surface area contributed by atoms with Crippen molar-refractivity contribution in [2.24, 2.45) is 0 Å². The number of carbonyl (C=O) groups excluding carboxylic acids is 1. The second-order valence-electron chi connectivity index (χ2n) is 6.96. The number of benzene rings is 2. The number of carbonyl (C=O) groups is 1. The van der Waals surface area contributed by atoms with Crippen molar-refractivity contribution < 1.29 is 27.6 Å². The first-order valence-electron chi connectivity index (χ1n) is 9.33. The molecule has 31 heavy (non-hydrogen) atoms. The number of amides is 1. The molecule has 0 unspecified atom stereocenters. The van der Waals surface area contributed by atoms with Gasteiger partial charge in [0.25, 0.3) is 11.6 Å². The third kappa shape index (κ3) is 6.40. The highest BCUT2D eigenvalue weighted by Crippen LogP contribution is 2.34. The molecule has 1 amide bonds. The van der Waals surface area contributed by atoms with E-state index in [1.54, 1.807) is 38.1 Å². The zero-order valence-electron chi connectivity index (χ0n) is 17.7. The number of methoxy groups -OCH3 is 2. The molecule has 0 fully saturated rings. The predicted octanol–water partition coefficient (Wildman–Crippen LogP) is 2.37. The van der Waals surface area contributed by atoms with E-state index in [0.717, 1.165) is 6.07 Å². The SMILES string of the molecule is COc1cc(C(=O)NCc2ccccc2CS(=O)(=O)NC(C)C)c([N+](=O)[O-])cc1OC. The van der Waals surface area contributed by atoms with Crippen molar-refractivity contribution in [1.82, 2.24) is 10.0 Å². The largest absolute Gasteiger partial charge is 0.493 e.